The topological polar surface area (TPSA) is 48.1 Å². The summed E-state index contributed by atoms with van der Waals surface area (Å²) in [5.41, 5.74) is 3.91. The number of aryl methyl sites for hydroxylation is 1. The Kier molecular flexibility index (Phi) is 6.48. The Hall–Kier alpha value is -2.66. The van der Waals surface area contributed by atoms with Crippen LogP contribution in [0.15, 0.2) is 48.5 Å². The lowest BCUT2D eigenvalue weighted by Gasteiger charge is -2.28. The van der Waals surface area contributed by atoms with Crippen LogP contribution in [0.2, 0.25) is 0 Å². The van der Waals surface area contributed by atoms with Crippen LogP contribution in [0, 0.1) is 11.7 Å². The Bertz CT molecular complexity index is 990. The molecule has 1 aliphatic rings. The third-order valence-corrected chi connectivity index (χ3v) is 6.25. The monoisotopic (exact) mass is 407 g/mol. The predicted octanol–water partition coefficient (Wildman–Crippen LogP) is 4.75. The first-order chi connectivity index (χ1) is 14.6. The number of H-pyrrole nitrogens is 1. The summed E-state index contributed by atoms with van der Waals surface area (Å²) in [6.07, 6.45) is 4.46. The fourth-order valence-corrected chi connectivity index (χ4v) is 4.42. The lowest BCUT2D eigenvalue weighted by molar-refractivity contribution is -0.121. The number of rotatable bonds is 7. The number of aromatic nitrogens is 1. The first-order valence-corrected chi connectivity index (χ1v) is 10.9. The maximum absolute atomic E-state index is 13.9. The van der Waals surface area contributed by atoms with Gasteiger partial charge in [0, 0.05) is 29.6 Å². The highest BCUT2D eigenvalue weighted by Crippen LogP contribution is 2.31. The number of benzene rings is 2. The zero-order valence-electron chi connectivity index (χ0n) is 17.6. The summed E-state index contributed by atoms with van der Waals surface area (Å²) in [7, 11) is 2.16. The van der Waals surface area contributed by atoms with Gasteiger partial charge in [0.05, 0.1) is 0 Å². The summed E-state index contributed by atoms with van der Waals surface area (Å²) >= 11 is 0. The van der Waals surface area contributed by atoms with Crippen molar-refractivity contribution in [2.45, 2.75) is 32.1 Å². The Morgan fingerprint density at radius 1 is 1.17 bits per heavy atom. The van der Waals surface area contributed by atoms with Gasteiger partial charge in [-0.05, 0) is 81.1 Å². The van der Waals surface area contributed by atoms with Gasteiger partial charge in [0.2, 0.25) is 5.91 Å². The van der Waals surface area contributed by atoms with Crippen molar-refractivity contribution in [3.8, 4) is 11.3 Å². The van der Waals surface area contributed by atoms with E-state index in [9.17, 15) is 9.18 Å². The lowest BCUT2D eigenvalue weighted by atomic mass is 9.94. The third kappa shape index (κ3) is 4.90. The van der Waals surface area contributed by atoms with Gasteiger partial charge < -0.3 is 15.2 Å². The maximum atomic E-state index is 13.9. The quantitative estimate of drug-likeness (QED) is 0.594. The van der Waals surface area contributed by atoms with Gasteiger partial charge >= 0.3 is 0 Å². The molecule has 2 aromatic carbocycles. The maximum Gasteiger partial charge on any atom is 0.220 e. The number of hydrogen-bond donors (Lipinski definition) is 2. The van der Waals surface area contributed by atoms with Crippen molar-refractivity contribution in [2.24, 2.45) is 5.92 Å². The van der Waals surface area contributed by atoms with Gasteiger partial charge in [-0.3, -0.25) is 4.79 Å². The molecule has 4 rings (SSSR count). The van der Waals surface area contributed by atoms with Crippen LogP contribution in [0.25, 0.3) is 22.2 Å². The zero-order chi connectivity index (χ0) is 20.9. The van der Waals surface area contributed by atoms with E-state index < -0.39 is 0 Å². The van der Waals surface area contributed by atoms with Gasteiger partial charge in [-0.15, -0.1) is 0 Å². The van der Waals surface area contributed by atoms with Crippen LogP contribution in [0.1, 0.15) is 31.2 Å². The smallest absolute Gasteiger partial charge is 0.220 e. The van der Waals surface area contributed by atoms with E-state index >= 15 is 0 Å². The van der Waals surface area contributed by atoms with Gasteiger partial charge in [-0.1, -0.05) is 30.3 Å². The number of piperidine rings is 1. The molecule has 158 valence electrons. The van der Waals surface area contributed by atoms with Crippen molar-refractivity contribution < 1.29 is 9.18 Å². The second kappa shape index (κ2) is 9.43. The zero-order valence-corrected chi connectivity index (χ0v) is 17.6. The summed E-state index contributed by atoms with van der Waals surface area (Å²) in [6, 6.07) is 14.8. The molecular weight excluding hydrogens is 377 g/mol. The summed E-state index contributed by atoms with van der Waals surface area (Å²) < 4.78 is 13.9. The molecule has 3 aromatic rings. The SMILES string of the molecule is CN1CCC(CCNC(=O)CCc2c(-c3ccccc3)[nH]c3ccc(F)cc23)CC1. The number of carbonyl (C=O) groups excluding carboxylic acids is 1. The van der Waals surface area contributed by atoms with Crippen LogP contribution in [0.5, 0.6) is 0 Å². The molecule has 0 unspecified atom stereocenters. The highest BCUT2D eigenvalue weighted by atomic mass is 19.1. The average molecular weight is 408 g/mol. The molecule has 0 saturated carbocycles. The molecule has 1 saturated heterocycles. The fourth-order valence-electron chi connectivity index (χ4n) is 4.42. The molecule has 0 atom stereocenters. The molecule has 2 heterocycles. The number of nitrogens with one attached hydrogen (secondary N) is 2. The summed E-state index contributed by atoms with van der Waals surface area (Å²) in [5, 5.41) is 3.94. The highest BCUT2D eigenvalue weighted by Gasteiger charge is 2.17. The van der Waals surface area contributed by atoms with Crippen molar-refractivity contribution in [2.75, 3.05) is 26.7 Å². The van der Waals surface area contributed by atoms with E-state index in [0.717, 1.165) is 53.8 Å². The normalized spacial score (nSPS) is 15.5. The second-order valence-electron chi connectivity index (χ2n) is 8.42. The number of likely N-dealkylation sites (tertiary alicyclic amines) is 1. The largest absolute Gasteiger partial charge is 0.356 e. The molecule has 4 nitrogen and oxygen atoms in total. The van der Waals surface area contributed by atoms with Crippen LogP contribution < -0.4 is 5.32 Å². The number of hydrogen-bond acceptors (Lipinski definition) is 2. The average Bonchev–Trinajstić information content (AvgIpc) is 3.12. The third-order valence-electron chi connectivity index (χ3n) is 6.25. The van der Waals surface area contributed by atoms with Gasteiger partial charge in [-0.2, -0.15) is 0 Å². The fraction of sp³-hybridized carbons (Fsp3) is 0.400. The molecule has 5 heteroatoms. The molecule has 0 radical (unpaired) electrons. The minimum Gasteiger partial charge on any atom is -0.356 e. The minimum absolute atomic E-state index is 0.0627. The highest BCUT2D eigenvalue weighted by molar-refractivity contribution is 5.91. The molecule has 30 heavy (non-hydrogen) atoms. The standard InChI is InChI=1S/C25H30FN3O/c1-29-15-12-18(13-16-29)11-14-27-24(30)10-8-21-22-17-20(26)7-9-23(22)28-25(21)19-5-3-2-4-6-19/h2-7,9,17-18,28H,8,10-16H2,1H3,(H,27,30). The number of fused-ring (bicyclic) bond motifs is 1. The molecule has 1 fully saturated rings. The van der Waals surface area contributed by atoms with E-state index in [1.807, 2.05) is 30.3 Å². The molecular formula is C25H30FN3O. The van der Waals surface area contributed by atoms with Crippen LogP contribution in [-0.2, 0) is 11.2 Å². The van der Waals surface area contributed by atoms with E-state index in [1.54, 1.807) is 12.1 Å². The second-order valence-corrected chi connectivity index (χ2v) is 8.42. The Balaban J connectivity index is 1.40. The molecule has 0 aliphatic carbocycles. The Labute approximate surface area is 177 Å². The molecule has 0 spiro atoms. The van der Waals surface area contributed by atoms with Crippen molar-refractivity contribution in [3.63, 3.8) is 0 Å². The number of amides is 1. The van der Waals surface area contributed by atoms with Gasteiger partial charge in [0.15, 0.2) is 0 Å². The Morgan fingerprint density at radius 2 is 1.93 bits per heavy atom. The van der Waals surface area contributed by atoms with Gasteiger partial charge in [-0.25, -0.2) is 4.39 Å². The molecule has 0 bridgehead atoms. The van der Waals surface area contributed by atoms with Crippen LogP contribution in [0.4, 0.5) is 4.39 Å². The van der Waals surface area contributed by atoms with E-state index in [-0.39, 0.29) is 11.7 Å². The molecule has 1 amide bonds. The minimum atomic E-state index is -0.259. The van der Waals surface area contributed by atoms with E-state index in [4.69, 9.17) is 0 Å². The van der Waals surface area contributed by atoms with Crippen molar-refractivity contribution in [3.05, 3.63) is 59.9 Å². The molecule has 2 N–H and O–H groups in total. The molecule has 1 aliphatic heterocycles. The summed E-state index contributed by atoms with van der Waals surface area (Å²) in [5.74, 6) is 0.514. The van der Waals surface area contributed by atoms with Crippen molar-refractivity contribution in [1.82, 2.24) is 15.2 Å². The number of aromatic amines is 1. The van der Waals surface area contributed by atoms with Crippen LogP contribution in [-0.4, -0.2) is 42.5 Å². The molecule has 1 aromatic heterocycles. The Morgan fingerprint density at radius 3 is 2.70 bits per heavy atom. The van der Waals surface area contributed by atoms with Gasteiger partial charge in [0.1, 0.15) is 5.82 Å². The number of halogens is 1. The lowest BCUT2D eigenvalue weighted by Crippen LogP contribution is -2.32. The number of nitrogens with zero attached hydrogens (tertiary/aromatic N) is 1. The van der Waals surface area contributed by atoms with Crippen LogP contribution >= 0.6 is 0 Å². The predicted molar refractivity (Wildman–Crippen MR) is 120 cm³/mol. The van der Waals surface area contributed by atoms with E-state index in [2.05, 4.69) is 22.2 Å². The first-order valence-electron chi connectivity index (χ1n) is 10.9. The van der Waals surface area contributed by atoms with Crippen LogP contribution in [0.3, 0.4) is 0 Å². The number of carbonyl (C=O) groups is 1. The first kappa shape index (κ1) is 20.6. The van der Waals surface area contributed by atoms with E-state index in [1.165, 1.54) is 18.9 Å². The summed E-state index contributed by atoms with van der Waals surface area (Å²) in [4.78, 5) is 18.3. The van der Waals surface area contributed by atoms with Crippen molar-refractivity contribution in [1.29, 1.82) is 0 Å². The summed E-state index contributed by atoms with van der Waals surface area (Å²) in [6.45, 7) is 3.04. The van der Waals surface area contributed by atoms with E-state index in [0.29, 0.717) is 18.8 Å². The van der Waals surface area contributed by atoms with Crippen molar-refractivity contribution >= 4 is 16.8 Å². The van der Waals surface area contributed by atoms with Gasteiger partial charge in [0.25, 0.3) is 0 Å².